The van der Waals surface area contributed by atoms with Crippen LogP contribution in [-0.4, -0.2) is 6.71 Å². The molecule has 4 aliphatic carbocycles. The van der Waals surface area contributed by atoms with Crippen LogP contribution in [0.25, 0.3) is 0 Å². The standard InChI is InChI=1S/C52H42BN3/c1-4-14-38(15-5-1)54(39-16-6-2-7-17-39)41-26-27-47-45(33-41)53-44-22-12-21-43-51(44)56(49-25-13-24-48(50(49)53)55(47)40-18-8-3-9-19-40)46-23-11-10-20-42(46)52(43)36-29-34-28-35(31-36)32-37(52)30-34/h1-27,33-37H,28-32H2. The van der Waals surface area contributed by atoms with E-state index in [1.807, 2.05) is 0 Å². The molecule has 0 unspecified atom stereocenters. The van der Waals surface area contributed by atoms with Gasteiger partial charge >= 0.3 is 0 Å². The summed E-state index contributed by atoms with van der Waals surface area (Å²) in [5, 5.41) is 0. The highest BCUT2D eigenvalue weighted by atomic mass is 15.2. The molecule has 4 heteroatoms. The Labute approximate surface area is 329 Å². The van der Waals surface area contributed by atoms with Crippen molar-refractivity contribution in [3.8, 4) is 0 Å². The molecule has 7 aromatic rings. The molecule has 0 N–H and O–H groups in total. The summed E-state index contributed by atoms with van der Waals surface area (Å²) in [6.45, 7) is 0.0786. The zero-order chi connectivity index (χ0) is 36.5. The van der Waals surface area contributed by atoms with Crippen LogP contribution in [-0.2, 0) is 5.41 Å². The Morgan fingerprint density at radius 2 is 1.02 bits per heavy atom. The normalized spacial score (nSPS) is 24.0. The molecule has 3 aliphatic heterocycles. The van der Waals surface area contributed by atoms with E-state index < -0.39 is 0 Å². The van der Waals surface area contributed by atoms with Crippen LogP contribution in [0.15, 0.2) is 170 Å². The van der Waals surface area contributed by atoms with Crippen molar-refractivity contribution in [2.75, 3.05) is 14.7 Å². The van der Waals surface area contributed by atoms with E-state index in [0.717, 1.165) is 23.2 Å². The summed E-state index contributed by atoms with van der Waals surface area (Å²) in [6.07, 6.45) is 6.97. The second-order valence-electron chi connectivity index (χ2n) is 17.3. The number of hydrogen-bond acceptors (Lipinski definition) is 3. The van der Waals surface area contributed by atoms with Crippen molar-refractivity contribution >= 4 is 74.3 Å². The van der Waals surface area contributed by atoms with Crippen LogP contribution in [0.3, 0.4) is 0 Å². The molecule has 0 saturated heterocycles. The molecule has 3 nitrogen and oxygen atoms in total. The number of fused-ring (bicyclic) bond motifs is 6. The molecule has 1 spiro atoms. The molecule has 14 rings (SSSR count). The number of rotatable bonds is 4. The highest BCUT2D eigenvalue weighted by Crippen LogP contribution is 2.69. The summed E-state index contributed by atoms with van der Waals surface area (Å²) in [7, 11) is 0. The lowest BCUT2D eigenvalue weighted by Crippen LogP contribution is -2.64. The molecule has 7 aliphatic rings. The van der Waals surface area contributed by atoms with Gasteiger partial charge in [-0.05, 0) is 156 Å². The largest absolute Gasteiger partial charge is 0.311 e. The van der Waals surface area contributed by atoms with Gasteiger partial charge in [-0.15, -0.1) is 0 Å². The smallest absolute Gasteiger partial charge is 0.252 e. The molecule has 0 atom stereocenters. The third-order valence-electron chi connectivity index (χ3n) is 14.8. The zero-order valence-corrected chi connectivity index (χ0v) is 31.4. The second kappa shape index (κ2) is 11.5. The van der Waals surface area contributed by atoms with E-state index in [0.29, 0.717) is 11.8 Å². The van der Waals surface area contributed by atoms with Gasteiger partial charge in [0.2, 0.25) is 0 Å². The van der Waals surface area contributed by atoms with E-state index >= 15 is 0 Å². The minimum atomic E-state index is 0.0633. The molecule has 7 aromatic carbocycles. The number of nitrogens with zero attached hydrogens (tertiary/aromatic N) is 3. The van der Waals surface area contributed by atoms with Crippen LogP contribution in [0.2, 0.25) is 0 Å². The van der Waals surface area contributed by atoms with Crippen molar-refractivity contribution in [1.29, 1.82) is 0 Å². The first-order chi connectivity index (χ1) is 27.8. The number of benzene rings is 7. The quantitative estimate of drug-likeness (QED) is 0.168. The fourth-order valence-corrected chi connectivity index (χ4v) is 13.1. The summed E-state index contributed by atoms with van der Waals surface area (Å²) >= 11 is 0. The van der Waals surface area contributed by atoms with Gasteiger partial charge in [0.25, 0.3) is 6.71 Å². The maximum absolute atomic E-state index is 2.70. The molecular weight excluding hydrogens is 677 g/mol. The summed E-state index contributed by atoms with van der Waals surface area (Å²) < 4.78 is 0. The van der Waals surface area contributed by atoms with Crippen LogP contribution >= 0.6 is 0 Å². The van der Waals surface area contributed by atoms with E-state index in [9.17, 15) is 0 Å². The number of anilines is 9. The molecule has 4 bridgehead atoms. The van der Waals surface area contributed by atoms with Gasteiger partial charge in [-0.2, -0.15) is 0 Å². The van der Waals surface area contributed by atoms with E-state index in [2.05, 4.69) is 185 Å². The predicted octanol–water partition coefficient (Wildman–Crippen LogP) is 11.3. The molecular formula is C52H42BN3. The van der Waals surface area contributed by atoms with E-state index in [1.165, 1.54) is 88.3 Å². The maximum Gasteiger partial charge on any atom is 0.252 e. The van der Waals surface area contributed by atoms with Gasteiger partial charge in [0.15, 0.2) is 0 Å². The summed E-state index contributed by atoms with van der Waals surface area (Å²) in [4.78, 5) is 7.64. The van der Waals surface area contributed by atoms with Crippen molar-refractivity contribution in [3.63, 3.8) is 0 Å². The average Bonchev–Trinajstić information content (AvgIpc) is 3.25. The Balaban J connectivity index is 1.10. The SMILES string of the molecule is c1ccc(N(c2ccccc2)c2ccc3c(c2)B2c4cccc5c4N(c4ccccc4C54C5CC6CC(C5)CC4C6)c4cccc(c42)N3c2ccccc2)cc1. The van der Waals surface area contributed by atoms with Crippen molar-refractivity contribution < 1.29 is 0 Å². The minimum absolute atomic E-state index is 0.0633. The van der Waals surface area contributed by atoms with E-state index in [1.54, 1.807) is 11.1 Å². The van der Waals surface area contributed by atoms with Gasteiger partial charge in [-0.1, -0.05) is 97.1 Å². The highest BCUT2D eigenvalue weighted by molar-refractivity contribution is 7.00. The van der Waals surface area contributed by atoms with Gasteiger partial charge in [-0.3, -0.25) is 0 Å². The van der Waals surface area contributed by atoms with Gasteiger partial charge in [0, 0.05) is 50.9 Å². The third kappa shape index (κ3) is 4.04. The monoisotopic (exact) mass is 719 g/mol. The van der Waals surface area contributed by atoms with Crippen molar-refractivity contribution in [2.24, 2.45) is 23.7 Å². The van der Waals surface area contributed by atoms with Crippen molar-refractivity contribution in [3.05, 3.63) is 181 Å². The second-order valence-corrected chi connectivity index (χ2v) is 17.3. The van der Waals surface area contributed by atoms with Crippen LogP contribution < -0.4 is 31.1 Å². The predicted molar refractivity (Wildman–Crippen MR) is 233 cm³/mol. The first kappa shape index (κ1) is 31.2. The highest BCUT2D eigenvalue weighted by Gasteiger charge is 2.62. The average molecular weight is 720 g/mol. The fraction of sp³-hybridized carbons (Fsp3) is 0.192. The number of hydrogen-bond donors (Lipinski definition) is 0. The topological polar surface area (TPSA) is 9.72 Å². The van der Waals surface area contributed by atoms with Gasteiger partial charge < -0.3 is 14.7 Å². The van der Waals surface area contributed by atoms with Gasteiger partial charge in [0.1, 0.15) is 0 Å². The molecule has 0 aromatic heterocycles. The Morgan fingerprint density at radius 1 is 0.446 bits per heavy atom. The van der Waals surface area contributed by atoms with Crippen molar-refractivity contribution in [1.82, 2.24) is 0 Å². The summed E-state index contributed by atoms with van der Waals surface area (Å²) in [5.74, 6) is 3.21. The summed E-state index contributed by atoms with van der Waals surface area (Å²) in [5.41, 5.74) is 18.8. The molecule has 56 heavy (non-hydrogen) atoms. The van der Waals surface area contributed by atoms with Crippen LogP contribution in [0.1, 0.15) is 43.2 Å². The lowest BCUT2D eigenvalue weighted by molar-refractivity contribution is -0.0419. The van der Waals surface area contributed by atoms with Crippen LogP contribution in [0, 0.1) is 23.7 Å². The van der Waals surface area contributed by atoms with Gasteiger partial charge in [0.05, 0.1) is 5.69 Å². The molecule has 3 heterocycles. The van der Waals surface area contributed by atoms with Gasteiger partial charge in [-0.25, -0.2) is 0 Å². The van der Waals surface area contributed by atoms with E-state index in [-0.39, 0.29) is 12.1 Å². The molecule has 4 saturated carbocycles. The zero-order valence-electron chi connectivity index (χ0n) is 31.4. The summed E-state index contributed by atoms with van der Waals surface area (Å²) in [6, 6.07) is 64.1. The fourth-order valence-electron chi connectivity index (χ4n) is 13.1. The lowest BCUT2D eigenvalue weighted by atomic mass is 9.32. The Bertz CT molecular complexity index is 2620. The Kier molecular flexibility index (Phi) is 6.43. The Morgan fingerprint density at radius 3 is 1.71 bits per heavy atom. The van der Waals surface area contributed by atoms with Crippen LogP contribution in [0.5, 0.6) is 0 Å². The number of para-hydroxylation sites is 5. The Hall–Kier alpha value is -6.00. The first-order valence-electron chi connectivity index (χ1n) is 20.8. The lowest BCUT2D eigenvalue weighted by Gasteiger charge is -2.64. The maximum atomic E-state index is 2.70. The van der Waals surface area contributed by atoms with Crippen LogP contribution in [0.4, 0.5) is 51.2 Å². The molecule has 0 amide bonds. The first-order valence-corrected chi connectivity index (χ1v) is 20.8. The van der Waals surface area contributed by atoms with E-state index in [4.69, 9.17) is 0 Å². The molecule has 4 fully saturated rings. The molecule has 0 radical (unpaired) electrons. The third-order valence-corrected chi connectivity index (χ3v) is 14.8. The minimum Gasteiger partial charge on any atom is -0.311 e. The molecule has 268 valence electrons. The van der Waals surface area contributed by atoms with Crippen molar-refractivity contribution in [2.45, 2.75) is 37.5 Å².